The lowest BCUT2D eigenvalue weighted by Crippen LogP contribution is -2.38. The molecular weight excluding hydrogens is 194 g/mol. The van der Waals surface area contributed by atoms with Crippen LogP contribution in [0.15, 0.2) is 12.3 Å². The van der Waals surface area contributed by atoms with Gasteiger partial charge >= 0.3 is 5.97 Å². The van der Waals surface area contributed by atoms with Gasteiger partial charge in [0.1, 0.15) is 11.8 Å². The quantitative estimate of drug-likeness (QED) is 0.540. The van der Waals surface area contributed by atoms with Crippen molar-refractivity contribution >= 4 is 11.9 Å². The molecule has 0 aliphatic carbocycles. The van der Waals surface area contributed by atoms with Crippen LogP contribution in [0, 0.1) is 0 Å². The maximum atomic E-state index is 11.4. The van der Waals surface area contributed by atoms with Crippen molar-refractivity contribution in [1.82, 2.24) is 5.32 Å². The minimum Gasteiger partial charge on any atom is -0.430 e. The number of nitrogens with one attached hydrogen (secondary N) is 1. The third-order valence-electron chi connectivity index (χ3n) is 1.83. The van der Waals surface area contributed by atoms with E-state index in [1.807, 2.05) is 0 Å². The summed E-state index contributed by atoms with van der Waals surface area (Å²) in [5, 5.41) is 2.45. The van der Waals surface area contributed by atoms with Crippen LogP contribution in [0.2, 0.25) is 0 Å². The van der Waals surface area contributed by atoms with Gasteiger partial charge in [-0.1, -0.05) is 19.9 Å². The normalized spacial score (nSPS) is 11.7. The summed E-state index contributed by atoms with van der Waals surface area (Å²) in [6.07, 6.45) is 2.65. The standard InChI is InChI=1S/C11H19NO3/c1-5-6-7-8(2)15-11(14)9(3)12-10(4)13/h9H,2,5-7H2,1,3-4H3,(H,12,13)/t9-/m0/s1. The largest absolute Gasteiger partial charge is 0.430 e. The minimum atomic E-state index is -0.624. The highest BCUT2D eigenvalue weighted by atomic mass is 16.5. The molecule has 0 fully saturated rings. The van der Waals surface area contributed by atoms with Crippen molar-refractivity contribution in [2.75, 3.05) is 0 Å². The second-order valence-electron chi connectivity index (χ2n) is 3.49. The highest BCUT2D eigenvalue weighted by Gasteiger charge is 2.15. The molecule has 0 rings (SSSR count). The third kappa shape index (κ3) is 6.71. The van der Waals surface area contributed by atoms with Gasteiger partial charge < -0.3 is 10.1 Å². The number of rotatable bonds is 6. The molecule has 0 unspecified atom stereocenters. The summed E-state index contributed by atoms with van der Waals surface area (Å²) in [5.41, 5.74) is 0. The molecule has 0 aromatic heterocycles. The summed E-state index contributed by atoms with van der Waals surface area (Å²) >= 11 is 0. The second-order valence-corrected chi connectivity index (χ2v) is 3.49. The van der Waals surface area contributed by atoms with Crippen LogP contribution < -0.4 is 5.32 Å². The highest BCUT2D eigenvalue weighted by molar-refractivity contribution is 5.83. The number of hydrogen-bond acceptors (Lipinski definition) is 3. The number of esters is 1. The van der Waals surface area contributed by atoms with E-state index < -0.39 is 12.0 Å². The van der Waals surface area contributed by atoms with Gasteiger partial charge in [0.2, 0.25) is 5.91 Å². The van der Waals surface area contributed by atoms with Crippen molar-refractivity contribution in [2.24, 2.45) is 0 Å². The van der Waals surface area contributed by atoms with E-state index in [0.29, 0.717) is 12.2 Å². The highest BCUT2D eigenvalue weighted by Crippen LogP contribution is 2.07. The smallest absolute Gasteiger partial charge is 0.333 e. The van der Waals surface area contributed by atoms with Gasteiger partial charge in [-0.05, 0) is 13.3 Å². The van der Waals surface area contributed by atoms with Crippen molar-refractivity contribution in [1.29, 1.82) is 0 Å². The molecule has 0 saturated carbocycles. The summed E-state index contributed by atoms with van der Waals surface area (Å²) in [4.78, 5) is 22.0. The number of carbonyl (C=O) groups is 2. The lowest BCUT2D eigenvalue weighted by atomic mass is 10.2. The molecule has 0 aliphatic heterocycles. The van der Waals surface area contributed by atoms with Gasteiger partial charge in [0.25, 0.3) is 0 Å². The van der Waals surface area contributed by atoms with Gasteiger partial charge in [-0.25, -0.2) is 4.79 Å². The molecule has 0 spiro atoms. The molecule has 1 N–H and O–H groups in total. The Morgan fingerprint density at radius 2 is 2.07 bits per heavy atom. The Labute approximate surface area is 90.7 Å². The molecule has 0 radical (unpaired) electrons. The van der Waals surface area contributed by atoms with E-state index >= 15 is 0 Å². The number of unbranched alkanes of at least 4 members (excludes halogenated alkanes) is 1. The monoisotopic (exact) mass is 213 g/mol. The Bertz CT molecular complexity index is 248. The van der Waals surface area contributed by atoms with Crippen molar-refractivity contribution in [2.45, 2.75) is 46.1 Å². The van der Waals surface area contributed by atoms with Gasteiger partial charge in [0, 0.05) is 13.3 Å². The minimum absolute atomic E-state index is 0.251. The Morgan fingerprint density at radius 1 is 1.47 bits per heavy atom. The van der Waals surface area contributed by atoms with Crippen molar-refractivity contribution in [3.05, 3.63) is 12.3 Å². The maximum Gasteiger partial charge on any atom is 0.333 e. The van der Waals surface area contributed by atoms with E-state index in [1.54, 1.807) is 6.92 Å². The Morgan fingerprint density at radius 3 is 2.53 bits per heavy atom. The molecule has 0 aliphatic rings. The molecular formula is C11H19NO3. The van der Waals surface area contributed by atoms with Crippen LogP contribution in [0.4, 0.5) is 0 Å². The van der Waals surface area contributed by atoms with Gasteiger partial charge in [0.05, 0.1) is 0 Å². The molecule has 1 amide bonds. The fourth-order valence-electron chi connectivity index (χ4n) is 1.02. The maximum absolute atomic E-state index is 11.4. The van der Waals surface area contributed by atoms with E-state index in [4.69, 9.17) is 4.74 Å². The van der Waals surface area contributed by atoms with Crippen LogP contribution in [0.3, 0.4) is 0 Å². The van der Waals surface area contributed by atoms with Crippen LogP contribution >= 0.6 is 0 Å². The SMILES string of the molecule is C=C(CCCC)OC(=O)[C@H](C)NC(C)=O. The van der Waals surface area contributed by atoms with Crippen LogP contribution in [0.5, 0.6) is 0 Å². The zero-order chi connectivity index (χ0) is 11.8. The van der Waals surface area contributed by atoms with Crippen LogP contribution in [0.25, 0.3) is 0 Å². The summed E-state index contributed by atoms with van der Waals surface area (Å²) in [7, 11) is 0. The van der Waals surface area contributed by atoms with Crippen LogP contribution in [0.1, 0.15) is 40.0 Å². The zero-order valence-corrected chi connectivity index (χ0v) is 9.63. The first-order valence-electron chi connectivity index (χ1n) is 5.14. The van der Waals surface area contributed by atoms with Crippen molar-refractivity contribution in [3.63, 3.8) is 0 Å². The average molecular weight is 213 g/mol. The number of amides is 1. The molecule has 0 heterocycles. The molecule has 1 atom stereocenters. The average Bonchev–Trinajstić information content (AvgIpc) is 2.13. The van der Waals surface area contributed by atoms with E-state index in [0.717, 1.165) is 12.8 Å². The number of carbonyl (C=O) groups excluding carboxylic acids is 2. The Hall–Kier alpha value is -1.32. The van der Waals surface area contributed by atoms with Gasteiger partial charge in [-0.2, -0.15) is 0 Å². The fourth-order valence-corrected chi connectivity index (χ4v) is 1.02. The Balaban J connectivity index is 3.90. The van der Waals surface area contributed by atoms with Gasteiger partial charge in [-0.3, -0.25) is 4.79 Å². The first kappa shape index (κ1) is 13.7. The summed E-state index contributed by atoms with van der Waals surface area (Å²) in [5.74, 6) is -0.260. The molecule has 4 nitrogen and oxygen atoms in total. The van der Waals surface area contributed by atoms with E-state index in [9.17, 15) is 9.59 Å². The number of allylic oxidation sites excluding steroid dienone is 1. The number of ether oxygens (including phenoxy) is 1. The van der Waals surface area contributed by atoms with Crippen molar-refractivity contribution < 1.29 is 14.3 Å². The summed E-state index contributed by atoms with van der Waals surface area (Å²) in [6.45, 7) is 8.63. The first-order valence-corrected chi connectivity index (χ1v) is 5.14. The molecule has 0 aromatic rings. The topological polar surface area (TPSA) is 55.4 Å². The van der Waals surface area contributed by atoms with Gasteiger partial charge in [-0.15, -0.1) is 0 Å². The molecule has 0 saturated heterocycles. The van der Waals surface area contributed by atoms with Crippen molar-refractivity contribution in [3.8, 4) is 0 Å². The fraction of sp³-hybridized carbons (Fsp3) is 0.636. The van der Waals surface area contributed by atoms with Gasteiger partial charge in [0.15, 0.2) is 0 Å². The Kier molecular flexibility index (Phi) is 6.42. The molecule has 4 heteroatoms. The molecule has 86 valence electrons. The van der Waals surface area contributed by atoms with Crippen LogP contribution in [-0.2, 0) is 14.3 Å². The molecule has 15 heavy (non-hydrogen) atoms. The lowest BCUT2D eigenvalue weighted by Gasteiger charge is -2.12. The molecule has 0 bridgehead atoms. The van der Waals surface area contributed by atoms with E-state index in [2.05, 4.69) is 18.8 Å². The van der Waals surface area contributed by atoms with E-state index in [1.165, 1.54) is 6.92 Å². The van der Waals surface area contributed by atoms with Crippen LogP contribution in [-0.4, -0.2) is 17.9 Å². The third-order valence-corrected chi connectivity index (χ3v) is 1.83. The lowest BCUT2D eigenvalue weighted by molar-refractivity contribution is -0.143. The predicted molar refractivity (Wildman–Crippen MR) is 58.0 cm³/mol. The predicted octanol–water partition coefficient (Wildman–Crippen LogP) is 1.76. The zero-order valence-electron chi connectivity index (χ0n) is 9.63. The van der Waals surface area contributed by atoms with E-state index in [-0.39, 0.29) is 5.91 Å². The first-order chi connectivity index (χ1) is 6.97. The molecule has 0 aromatic carbocycles. The summed E-state index contributed by atoms with van der Waals surface area (Å²) < 4.78 is 4.97. The summed E-state index contributed by atoms with van der Waals surface area (Å²) in [6, 6.07) is -0.624. The second kappa shape index (κ2) is 7.04. The number of hydrogen-bond donors (Lipinski definition) is 1.